The first kappa shape index (κ1) is 15.5. The van der Waals surface area contributed by atoms with Crippen molar-refractivity contribution in [2.24, 2.45) is 5.41 Å². The quantitative estimate of drug-likeness (QED) is 0.871. The highest BCUT2D eigenvalue weighted by Gasteiger charge is 2.58. The summed E-state index contributed by atoms with van der Waals surface area (Å²) >= 11 is 0. The SMILES string of the molecule is CC1(C)c2cc(C(=O)O)cc(C(=O)O)c2C(C)(C)C1(C)C. The Morgan fingerprint density at radius 1 is 0.857 bits per heavy atom. The van der Waals surface area contributed by atoms with Crippen LogP contribution in [0.15, 0.2) is 12.1 Å². The summed E-state index contributed by atoms with van der Waals surface area (Å²) in [6.45, 7) is 12.4. The second kappa shape index (κ2) is 4.09. The Bertz CT molecular complexity index is 651. The summed E-state index contributed by atoms with van der Waals surface area (Å²) in [4.78, 5) is 23.0. The fraction of sp³-hybridized carbons (Fsp3) is 0.529. The third-order valence-corrected chi connectivity index (χ3v) is 6.04. The number of rotatable bonds is 2. The van der Waals surface area contributed by atoms with Gasteiger partial charge in [-0.2, -0.15) is 0 Å². The standard InChI is InChI=1S/C17H22O4/c1-15(2)11-8-9(13(18)19)7-10(14(20)21)12(11)16(3,4)17(15,5)6/h7-8H,1-6H3,(H,18,19)(H,20,21). The van der Waals surface area contributed by atoms with Crippen molar-refractivity contribution in [2.45, 2.75) is 52.4 Å². The van der Waals surface area contributed by atoms with Gasteiger partial charge in [-0.3, -0.25) is 0 Å². The van der Waals surface area contributed by atoms with Crippen LogP contribution in [0, 0.1) is 5.41 Å². The van der Waals surface area contributed by atoms with Gasteiger partial charge in [-0.05, 0) is 39.5 Å². The monoisotopic (exact) mass is 290 g/mol. The molecule has 2 rings (SSSR count). The lowest BCUT2D eigenvalue weighted by molar-refractivity contribution is 0.0689. The van der Waals surface area contributed by atoms with Gasteiger partial charge in [-0.15, -0.1) is 0 Å². The van der Waals surface area contributed by atoms with Crippen molar-refractivity contribution in [3.05, 3.63) is 34.4 Å². The van der Waals surface area contributed by atoms with Crippen LogP contribution in [0.5, 0.6) is 0 Å². The Morgan fingerprint density at radius 3 is 1.81 bits per heavy atom. The summed E-state index contributed by atoms with van der Waals surface area (Å²) < 4.78 is 0. The largest absolute Gasteiger partial charge is 0.478 e. The zero-order valence-electron chi connectivity index (χ0n) is 13.4. The lowest BCUT2D eigenvalue weighted by Gasteiger charge is -2.44. The molecule has 1 aromatic carbocycles. The first-order valence-corrected chi connectivity index (χ1v) is 7.01. The molecule has 4 heteroatoms. The minimum Gasteiger partial charge on any atom is -0.478 e. The summed E-state index contributed by atoms with van der Waals surface area (Å²) in [6, 6.07) is 2.92. The lowest BCUT2D eigenvalue weighted by Crippen LogP contribution is -2.42. The van der Waals surface area contributed by atoms with E-state index in [4.69, 9.17) is 0 Å². The van der Waals surface area contributed by atoms with Gasteiger partial charge in [-0.25, -0.2) is 9.59 Å². The molecule has 0 aliphatic heterocycles. The Morgan fingerprint density at radius 2 is 1.38 bits per heavy atom. The minimum absolute atomic E-state index is 0.0349. The molecule has 1 aromatic rings. The Labute approximate surface area is 124 Å². The number of carboxylic acid groups (broad SMARTS) is 2. The highest BCUT2D eigenvalue weighted by Crippen LogP contribution is 2.62. The van der Waals surface area contributed by atoms with Crippen LogP contribution in [0.4, 0.5) is 0 Å². The summed E-state index contributed by atoms with van der Waals surface area (Å²) in [5.41, 5.74) is 0.841. The molecule has 0 unspecified atom stereocenters. The van der Waals surface area contributed by atoms with Crippen molar-refractivity contribution in [3.8, 4) is 0 Å². The van der Waals surface area contributed by atoms with Crippen molar-refractivity contribution in [3.63, 3.8) is 0 Å². The Hall–Kier alpha value is -1.84. The highest BCUT2D eigenvalue weighted by molar-refractivity contribution is 5.96. The second-order valence-corrected chi connectivity index (χ2v) is 7.43. The van der Waals surface area contributed by atoms with Crippen LogP contribution in [-0.2, 0) is 10.8 Å². The number of benzene rings is 1. The number of carboxylic acids is 2. The van der Waals surface area contributed by atoms with Gasteiger partial charge < -0.3 is 10.2 Å². The van der Waals surface area contributed by atoms with E-state index in [0.29, 0.717) is 0 Å². The topological polar surface area (TPSA) is 74.6 Å². The average Bonchev–Trinajstić information content (AvgIpc) is 2.45. The van der Waals surface area contributed by atoms with Crippen LogP contribution < -0.4 is 0 Å². The van der Waals surface area contributed by atoms with Gasteiger partial charge in [-0.1, -0.05) is 41.5 Å². The summed E-state index contributed by atoms with van der Waals surface area (Å²) in [5, 5.41) is 18.8. The molecule has 0 fully saturated rings. The van der Waals surface area contributed by atoms with Crippen molar-refractivity contribution in [1.82, 2.24) is 0 Å². The summed E-state index contributed by atoms with van der Waals surface area (Å²) in [7, 11) is 0. The molecule has 0 radical (unpaired) electrons. The third kappa shape index (κ3) is 1.74. The molecule has 21 heavy (non-hydrogen) atoms. The molecule has 0 amide bonds. The molecule has 0 spiro atoms. The van der Waals surface area contributed by atoms with Crippen molar-refractivity contribution < 1.29 is 19.8 Å². The summed E-state index contributed by atoms with van der Waals surface area (Å²) in [6.07, 6.45) is 0. The van der Waals surface area contributed by atoms with Crippen molar-refractivity contribution in [1.29, 1.82) is 0 Å². The molecule has 1 aliphatic carbocycles. The lowest BCUT2D eigenvalue weighted by atomic mass is 9.59. The first-order valence-electron chi connectivity index (χ1n) is 7.01. The van der Waals surface area contributed by atoms with Crippen LogP contribution in [0.3, 0.4) is 0 Å². The smallest absolute Gasteiger partial charge is 0.336 e. The fourth-order valence-electron chi connectivity index (χ4n) is 3.53. The number of aromatic carboxylic acids is 2. The molecule has 0 atom stereocenters. The van der Waals surface area contributed by atoms with E-state index in [1.807, 2.05) is 13.8 Å². The molecular formula is C17H22O4. The van der Waals surface area contributed by atoms with E-state index >= 15 is 0 Å². The molecule has 4 nitrogen and oxygen atoms in total. The molecule has 0 saturated heterocycles. The molecule has 2 N–H and O–H groups in total. The Balaban J connectivity index is 2.96. The molecular weight excluding hydrogens is 268 g/mol. The average molecular weight is 290 g/mol. The second-order valence-electron chi connectivity index (χ2n) is 7.43. The number of fused-ring (bicyclic) bond motifs is 1. The molecule has 0 heterocycles. The van der Waals surface area contributed by atoms with Gasteiger partial charge in [0.1, 0.15) is 0 Å². The maximum absolute atomic E-state index is 11.7. The van der Waals surface area contributed by atoms with Crippen LogP contribution in [-0.4, -0.2) is 22.2 Å². The van der Waals surface area contributed by atoms with Crippen molar-refractivity contribution >= 4 is 11.9 Å². The number of hydrogen-bond donors (Lipinski definition) is 2. The zero-order valence-corrected chi connectivity index (χ0v) is 13.4. The fourth-order valence-corrected chi connectivity index (χ4v) is 3.53. The van der Waals surface area contributed by atoms with E-state index in [-0.39, 0.29) is 27.4 Å². The molecule has 0 bridgehead atoms. The maximum atomic E-state index is 11.7. The van der Waals surface area contributed by atoms with E-state index in [2.05, 4.69) is 27.7 Å². The van der Waals surface area contributed by atoms with Crippen LogP contribution in [0.25, 0.3) is 0 Å². The van der Waals surface area contributed by atoms with Crippen LogP contribution in [0.1, 0.15) is 73.4 Å². The Kier molecular flexibility index (Phi) is 3.03. The van der Waals surface area contributed by atoms with Crippen LogP contribution in [0.2, 0.25) is 0 Å². The minimum atomic E-state index is -1.10. The molecule has 114 valence electrons. The zero-order chi connectivity index (χ0) is 16.4. The molecule has 0 aromatic heterocycles. The van der Waals surface area contributed by atoms with Gasteiger partial charge in [0.2, 0.25) is 0 Å². The normalized spacial score (nSPS) is 20.9. The van der Waals surface area contributed by atoms with E-state index in [9.17, 15) is 19.8 Å². The van der Waals surface area contributed by atoms with Gasteiger partial charge in [0.05, 0.1) is 11.1 Å². The molecule has 1 aliphatic rings. The van der Waals surface area contributed by atoms with E-state index in [0.717, 1.165) is 11.1 Å². The first-order chi connectivity index (χ1) is 9.35. The predicted molar refractivity (Wildman–Crippen MR) is 80.2 cm³/mol. The van der Waals surface area contributed by atoms with Crippen molar-refractivity contribution in [2.75, 3.05) is 0 Å². The molecule has 0 saturated carbocycles. The number of carbonyl (C=O) groups is 2. The van der Waals surface area contributed by atoms with Gasteiger partial charge in [0.15, 0.2) is 0 Å². The van der Waals surface area contributed by atoms with Crippen LogP contribution >= 0.6 is 0 Å². The number of hydrogen-bond acceptors (Lipinski definition) is 2. The predicted octanol–water partition coefficient (Wildman–Crippen LogP) is 3.68. The van der Waals surface area contributed by atoms with E-state index in [1.54, 1.807) is 6.07 Å². The van der Waals surface area contributed by atoms with Gasteiger partial charge in [0, 0.05) is 0 Å². The van der Waals surface area contributed by atoms with E-state index in [1.165, 1.54) is 6.07 Å². The van der Waals surface area contributed by atoms with E-state index < -0.39 is 11.9 Å². The maximum Gasteiger partial charge on any atom is 0.336 e. The van der Waals surface area contributed by atoms with Gasteiger partial charge in [0.25, 0.3) is 0 Å². The summed E-state index contributed by atoms with van der Waals surface area (Å²) in [5.74, 6) is -2.17. The third-order valence-electron chi connectivity index (χ3n) is 6.04. The highest BCUT2D eigenvalue weighted by atomic mass is 16.4. The van der Waals surface area contributed by atoms with Gasteiger partial charge >= 0.3 is 11.9 Å².